The van der Waals surface area contributed by atoms with Crippen LogP contribution in [0.3, 0.4) is 0 Å². The van der Waals surface area contributed by atoms with Gasteiger partial charge in [0, 0.05) is 28.3 Å². The number of nitrogens with zero attached hydrogens (tertiary/aromatic N) is 1. The molecule has 1 aliphatic carbocycles. The van der Waals surface area contributed by atoms with Crippen LogP contribution < -0.4 is 27.9 Å². The monoisotopic (exact) mass is 713 g/mol. The summed E-state index contributed by atoms with van der Waals surface area (Å²) in [6, 6.07) is 30.8. The topological polar surface area (TPSA) is 214 Å². The third-order valence-corrected chi connectivity index (χ3v) is 9.50. The van der Waals surface area contributed by atoms with E-state index in [0.29, 0.717) is 24.1 Å². The lowest BCUT2D eigenvalue weighted by Gasteiger charge is -2.23. The molecule has 15 heteroatoms. The molecule has 0 saturated carbocycles. The molecule has 1 aromatic heterocycles. The number of fused-ring (bicyclic) bond motifs is 3. The van der Waals surface area contributed by atoms with Crippen LogP contribution in [-0.2, 0) is 39.6 Å². The lowest BCUT2D eigenvalue weighted by atomic mass is 9.83. The minimum absolute atomic E-state index is 0.0292. The van der Waals surface area contributed by atoms with Crippen LogP contribution in [-0.4, -0.2) is 33.1 Å². The molecule has 0 spiro atoms. The fourth-order valence-corrected chi connectivity index (χ4v) is 6.93. The largest absolute Gasteiger partial charge is 0.495 e. The summed E-state index contributed by atoms with van der Waals surface area (Å²) < 4.78 is 109. The summed E-state index contributed by atoms with van der Waals surface area (Å²) in [7, 11) is -12.6. The standard InChI is InChI=1S/C33H27NO7S2.ClHO4/c1-41-31-18-14-25(19-32(31)43(38,39)40)29-20-30(24-11-15-26(16-12-24)42(35,36)37)34(21-22-7-3-2-4-8-22)33-27-10-6-5-9-23(27)13-17-28(29)33;2-1(3,4)5/h2-12,14-16,18-20H,13,17,21H2,1H3,(H-,35,36,37,38,39,40);(H,2,3,4,5). The molecular weight excluding hydrogens is 686 g/mol. The molecule has 12 nitrogen and oxygen atoms in total. The first-order valence-corrected chi connectivity index (χ1v) is 18.2. The molecule has 0 saturated heterocycles. The van der Waals surface area contributed by atoms with Gasteiger partial charge >= 0.3 is 0 Å². The summed E-state index contributed by atoms with van der Waals surface area (Å²) in [6.45, 7) is 0.506. The first kappa shape index (κ1) is 35.1. The number of aromatic nitrogens is 1. The van der Waals surface area contributed by atoms with E-state index in [1.807, 2.05) is 48.5 Å². The number of hydrogen-bond acceptors (Lipinski definition) is 9. The van der Waals surface area contributed by atoms with Gasteiger partial charge in [-0.25, -0.2) is 18.6 Å². The first-order valence-electron chi connectivity index (χ1n) is 14.1. The first-order chi connectivity index (χ1) is 22.5. The maximum atomic E-state index is 12.3. The predicted molar refractivity (Wildman–Crippen MR) is 162 cm³/mol. The Morgan fingerprint density at radius 3 is 1.94 bits per heavy atom. The lowest BCUT2D eigenvalue weighted by Crippen LogP contribution is -2.68. The van der Waals surface area contributed by atoms with E-state index in [1.165, 1.54) is 36.9 Å². The Labute approximate surface area is 279 Å². The molecule has 4 aromatic carbocycles. The second-order valence-corrected chi connectivity index (χ2v) is 14.3. The van der Waals surface area contributed by atoms with E-state index in [2.05, 4.69) is 16.7 Å². The van der Waals surface area contributed by atoms with E-state index >= 15 is 0 Å². The molecule has 0 aliphatic heterocycles. The van der Waals surface area contributed by atoms with Crippen LogP contribution in [0.1, 0.15) is 16.7 Å². The zero-order chi connectivity index (χ0) is 34.9. The van der Waals surface area contributed by atoms with Gasteiger partial charge in [-0.05, 0) is 72.0 Å². The summed E-state index contributed by atoms with van der Waals surface area (Å²) in [5.74, 6) is 0.0292. The Kier molecular flexibility index (Phi) is 10.0. The van der Waals surface area contributed by atoms with Crippen LogP contribution in [0.5, 0.6) is 5.75 Å². The number of pyridine rings is 1. The Morgan fingerprint density at radius 1 is 0.729 bits per heavy atom. The van der Waals surface area contributed by atoms with Gasteiger partial charge in [-0.15, -0.1) is 10.2 Å². The van der Waals surface area contributed by atoms with Crippen molar-refractivity contribution in [2.24, 2.45) is 0 Å². The van der Waals surface area contributed by atoms with Crippen LogP contribution in [0, 0.1) is 10.2 Å². The molecule has 1 aliphatic rings. The third-order valence-electron chi connectivity index (χ3n) is 7.75. The van der Waals surface area contributed by atoms with E-state index in [-0.39, 0.29) is 15.5 Å². The smallest absolute Gasteiger partial charge is 0.298 e. The van der Waals surface area contributed by atoms with Gasteiger partial charge in [-0.1, -0.05) is 54.6 Å². The Balaban J connectivity index is 0.000000840. The number of rotatable bonds is 7. The molecule has 0 amide bonds. The molecule has 0 radical (unpaired) electrons. The van der Waals surface area contributed by atoms with Crippen molar-refractivity contribution >= 4 is 20.2 Å². The van der Waals surface area contributed by atoms with Crippen molar-refractivity contribution in [1.82, 2.24) is 0 Å². The molecule has 1 heterocycles. The quantitative estimate of drug-likeness (QED) is 0.178. The summed E-state index contributed by atoms with van der Waals surface area (Å²) in [6.07, 6.45) is 1.47. The maximum absolute atomic E-state index is 12.3. The van der Waals surface area contributed by atoms with E-state index in [4.69, 9.17) is 23.4 Å². The molecule has 48 heavy (non-hydrogen) atoms. The molecule has 0 unspecified atom stereocenters. The molecule has 0 atom stereocenters. The van der Waals surface area contributed by atoms with Gasteiger partial charge in [0.2, 0.25) is 11.4 Å². The fourth-order valence-electron chi connectivity index (χ4n) is 5.77. The molecule has 0 fully saturated rings. The van der Waals surface area contributed by atoms with Crippen molar-refractivity contribution in [2.45, 2.75) is 29.2 Å². The second-order valence-electron chi connectivity index (χ2n) is 10.7. The van der Waals surface area contributed by atoms with E-state index in [9.17, 15) is 25.9 Å². The summed E-state index contributed by atoms with van der Waals surface area (Å²) in [4.78, 5) is -0.556. The van der Waals surface area contributed by atoms with Gasteiger partial charge in [0.15, 0.2) is 6.54 Å². The number of halogens is 1. The zero-order valence-electron chi connectivity index (χ0n) is 25.1. The zero-order valence-corrected chi connectivity index (χ0v) is 27.5. The van der Waals surface area contributed by atoms with Gasteiger partial charge in [-0.2, -0.15) is 21.4 Å². The SMILES string of the molecule is COc1ccc(-c2cc(-c3ccc(S(=O)(=O)O)cc3)[n+](Cc3ccccc3)c3c2CCc2ccccc2-3)cc1S(=O)(=O)O.[O-][Cl+3]([O-])([O-])[O-]. The molecular formula is C33H28ClNO11S2. The Bertz CT molecular complexity index is 2180. The van der Waals surface area contributed by atoms with E-state index < -0.39 is 30.5 Å². The average molecular weight is 714 g/mol. The Hall–Kier alpha value is -4.22. The van der Waals surface area contributed by atoms with Crippen molar-refractivity contribution in [1.29, 1.82) is 0 Å². The molecule has 0 bridgehead atoms. The van der Waals surface area contributed by atoms with Crippen molar-refractivity contribution in [3.63, 3.8) is 0 Å². The van der Waals surface area contributed by atoms with E-state index in [1.54, 1.807) is 18.2 Å². The van der Waals surface area contributed by atoms with Crippen LogP contribution >= 0.6 is 0 Å². The van der Waals surface area contributed by atoms with Crippen LogP contribution in [0.2, 0.25) is 0 Å². The fraction of sp³-hybridized carbons (Fsp3) is 0.121. The minimum Gasteiger partial charge on any atom is -0.495 e. The van der Waals surface area contributed by atoms with Crippen molar-refractivity contribution in [3.8, 4) is 39.4 Å². The average Bonchev–Trinajstić information content (AvgIpc) is 3.03. The van der Waals surface area contributed by atoms with Crippen molar-refractivity contribution in [3.05, 3.63) is 120 Å². The highest BCUT2D eigenvalue weighted by Gasteiger charge is 2.33. The normalized spacial score (nSPS) is 12.7. The summed E-state index contributed by atoms with van der Waals surface area (Å²) in [5.41, 5.74) is 8.04. The number of methoxy groups -OCH3 is 1. The van der Waals surface area contributed by atoms with E-state index in [0.717, 1.165) is 40.1 Å². The van der Waals surface area contributed by atoms with Gasteiger partial charge < -0.3 is 4.74 Å². The van der Waals surface area contributed by atoms with Gasteiger partial charge in [0.05, 0.1) is 12.0 Å². The molecule has 5 aromatic rings. The number of ether oxygens (including phenoxy) is 1. The molecule has 250 valence electrons. The highest BCUT2D eigenvalue weighted by Crippen LogP contribution is 2.41. The lowest BCUT2D eigenvalue weighted by molar-refractivity contribution is -2.00. The highest BCUT2D eigenvalue weighted by molar-refractivity contribution is 7.86. The van der Waals surface area contributed by atoms with Gasteiger partial charge in [0.1, 0.15) is 10.6 Å². The van der Waals surface area contributed by atoms with Crippen LogP contribution in [0.15, 0.2) is 113 Å². The second kappa shape index (κ2) is 13.7. The van der Waals surface area contributed by atoms with Crippen LogP contribution in [0.25, 0.3) is 33.6 Å². The molecule has 2 N–H and O–H groups in total. The number of benzene rings is 4. The summed E-state index contributed by atoms with van der Waals surface area (Å²) >= 11 is 0. The Morgan fingerprint density at radius 2 is 1.33 bits per heavy atom. The van der Waals surface area contributed by atoms with Crippen LogP contribution in [0.4, 0.5) is 0 Å². The van der Waals surface area contributed by atoms with Crippen molar-refractivity contribution < 1.29 is 64.1 Å². The predicted octanol–water partition coefficient (Wildman–Crippen LogP) is 0.868. The number of hydrogen-bond donors (Lipinski definition) is 2. The third kappa shape index (κ3) is 8.07. The van der Waals surface area contributed by atoms with Gasteiger partial charge in [-0.3, -0.25) is 9.11 Å². The van der Waals surface area contributed by atoms with Gasteiger partial charge in [0.25, 0.3) is 20.2 Å². The maximum Gasteiger partial charge on any atom is 0.298 e. The van der Waals surface area contributed by atoms with Crippen molar-refractivity contribution in [2.75, 3.05) is 7.11 Å². The minimum atomic E-state index is -4.94. The number of aryl methyl sites for hydroxylation is 1. The summed E-state index contributed by atoms with van der Waals surface area (Å²) in [5, 5.41) is 0. The molecule has 6 rings (SSSR count). The highest BCUT2D eigenvalue weighted by atomic mass is 35.7.